The molecule has 0 spiro atoms. The zero-order chi connectivity index (χ0) is 18.1. The van der Waals surface area contributed by atoms with Crippen LogP contribution in [0.2, 0.25) is 0 Å². The number of nitrogens with zero attached hydrogens (tertiary/aromatic N) is 4. The summed E-state index contributed by atoms with van der Waals surface area (Å²) in [4.78, 5) is 12.8. The van der Waals surface area contributed by atoms with E-state index in [1.165, 1.54) is 6.33 Å². The van der Waals surface area contributed by atoms with E-state index in [9.17, 15) is 10.2 Å². The molecule has 3 atom stereocenters. The fourth-order valence-corrected chi connectivity index (χ4v) is 3.12. The van der Waals surface area contributed by atoms with E-state index in [4.69, 9.17) is 10.5 Å². The monoisotopic (exact) mass is 353 g/mol. The molecule has 3 heterocycles. The Morgan fingerprint density at radius 2 is 2.04 bits per heavy atom. The minimum Gasteiger partial charge on any atom is -0.394 e. The van der Waals surface area contributed by atoms with E-state index in [-0.39, 0.29) is 12.4 Å². The molecule has 0 bridgehead atoms. The van der Waals surface area contributed by atoms with Crippen LogP contribution < -0.4 is 5.73 Å². The minimum absolute atomic E-state index is 0.253. The number of ether oxygens (including phenoxy) is 1. The van der Waals surface area contributed by atoms with Gasteiger partial charge in [0.15, 0.2) is 17.0 Å². The van der Waals surface area contributed by atoms with Gasteiger partial charge in [-0.3, -0.25) is 4.57 Å². The highest BCUT2D eigenvalue weighted by atomic mass is 16.5. The van der Waals surface area contributed by atoms with Gasteiger partial charge in [0.05, 0.1) is 12.7 Å². The van der Waals surface area contributed by atoms with Crippen molar-refractivity contribution in [2.45, 2.75) is 24.9 Å². The summed E-state index contributed by atoms with van der Waals surface area (Å²) in [6.07, 6.45) is 3.57. The zero-order valence-electron chi connectivity index (χ0n) is 13.9. The molecule has 1 saturated heterocycles. The van der Waals surface area contributed by atoms with E-state index < -0.39 is 18.4 Å². The molecular formula is C18H19N5O3. The van der Waals surface area contributed by atoms with Crippen LogP contribution in [0.15, 0.2) is 36.7 Å². The first-order valence-electron chi connectivity index (χ1n) is 8.33. The fraction of sp³-hybridized carbons (Fsp3) is 0.278. The second kappa shape index (κ2) is 6.83. The number of aliphatic hydroxyl groups is 2. The highest BCUT2D eigenvalue weighted by Crippen LogP contribution is 2.33. The molecule has 3 aromatic rings. The normalized spacial score (nSPS) is 23.2. The van der Waals surface area contributed by atoms with Gasteiger partial charge >= 0.3 is 0 Å². The maximum Gasteiger partial charge on any atom is 0.168 e. The van der Waals surface area contributed by atoms with Gasteiger partial charge in [-0.1, -0.05) is 36.4 Å². The second-order valence-corrected chi connectivity index (χ2v) is 6.13. The van der Waals surface area contributed by atoms with Crippen LogP contribution in [0.25, 0.3) is 23.3 Å². The maximum absolute atomic E-state index is 10.1. The fourth-order valence-electron chi connectivity index (χ4n) is 3.12. The van der Waals surface area contributed by atoms with Crippen LogP contribution in [0.5, 0.6) is 0 Å². The number of aliphatic hydroxyl groups excluding tert-OH is 2. The predicted octanol–water partition coefficient (Wildman–Crippen LogP) is 1.22. The first-order valence-corrected chi connectivity index (χ1v) is 8.33. The van der Waals surface area contributed by atoms with Gasteiger partial charge in [0.1, 0.15) is 24.5 Å². The van der Waals surface area contributed by atoms with Crippen LogP contribution in [-0.4, -0.2) is 48.5 Å². The minimum atomic E-state index is -0.757. The Balaban J connectivity index is 1.79. The van der Waals surface area contributed by atoms with Crippen LogP contribution >= 0.6 is 0 Å². The lowest BCUT2D eigenvalue weighted by molar-refractivity contribution is -0.0434. The highest BCUT2D eigenvalue weighted by Gasteiger charge is 2.36. The molecule has 8 nitrogen and oxygen atoms in total. The number of fused-ring (bicyclic) bond motifs is 1. The molecule has 1 aromatic carbocycles. The van der Waals surface area contributed by atoms with Crippen molar-refractivity contribution >= 4 is 29.1 Å². The van der Waals surface area contributed by atoms with Gasteiger partial charge in [-0.05, 0) is 11.6 Å². The first-order chi connectivity index (χ1) is 12.7. The Morgan fingerprint density at radius 1 is 1.23 bits per heavy atom. The number of nitrogens with two attached hydrogens (primary N) is 1. The number of hydrogen-bond donors (Lipinski definition) is 3. The summed E-state index contributed by atoms with van der Waals surface area (Å²) in [6.45, 7) is -0.253. The summed E-state index contributed by atoms with van der Waals surface area (Å²) in [5.74, 6) is 0.868. The number of hydrogen-bond acceptors (Lipinski definition) is 7. The first kappa shape index (κ1) is 16.6. The maximum atomic E-state index is 10.1. The number of imidazole rings is 1. The molecule has 0 radical (unpaired) electrons. The Kier molecular flexibility index (Phi) is 4.37. The number of benzene rings is 1. The third-order valence-electron chi connectivity index (χ3n) is 4.43. The van der Waals surface area contributed by atoms with Crippen molar-refractivity contribution in [2.24, 2.45) is 0 Å². The Morgan fingerprint density at radius 3 is 2.77 bits per heavy atom. The molecule has 4 rings (SSSR count). The number of rotatable bonds is 4. The average molecular weight is 353 g/mol. The molecular weight excluding hydrogens is 334 g/mol. The smallest absolute Gasteiger partial charge is 0.168 e. The summed E-state index contributed by atoms with van der Waals surface area (Å²) < 4.78 is 7.58. The Labute approximate surface area is 149 Å². The second-order valence-electron chi connectivity index (χ2n) is 6.13. The van der Waals surface area contributed by atoms with Crippen LogP contribution in [0.4, 0.5) is 5.82 Å². The average Bonchev–Trinajstić information content (AvgIpc) is 3.21. The van der Waals surface area contributed by atoms with E-state index in [0.29, 0.717) is 23.4 Å². The van der Waals surface area contributed by atoms with Crippen LogP contribution in [0.1, 0.15) is 24.0 Å². The lowest BCUT2D eigenvalue weighted by Crippen LogP contribution is -2.24. The third-order valence-corrected chi connectivity index (χ3v) is 4.43. The van der Waals surface area contributed by atoms with Gasteiger partial charge in [0.25, 0.3) is 0 Å². The summed E-state index contributed by atoms with van der Waals surface area (Å²) in [5.41, 5.74) is 7.97. The van der Waals surface area contributed by atoms with Crippen molar-refractivity contribution in [2.75, 3.05) is 12.3 Å². The van der Waals surface area contributed by atoms with Gasteiger partial charge in [-0.25, -0.2) is 15.0 Å². The van der Waals surface area contributed by atoms with Gasteiger partial charge in [-0.15, -0.1) is 0 Å². The molecule has 0 amide bonds. The summed E-state index contributed by atoms with van der Waals surface area (Å²) in [5, 5.41) is 19.5. The van der Waals surface area contributed by atoms with E-state index in [1.54, 1.807) is 4.57 Å². The van der Waals surface area contributed by atoms with Crippen LogP contribution in [0.3, 0.4) is 0 Å². The quantitative estimate of drug-likeness (QED) is 0.645. The molecule has 1 fully saturated rings. The Hall–Kier alpha value is -2.81. The lowest BCUT2D eigenvalue weighted by Gasteiger charge is -2.15. The molecule has 1 aliphatic rings. The molecule has 0 saturated carbocycles. The molecule has 4 N–H and O–H groups in total. The Bertz CT molecular complexity index is 941. The van der Waals surface area contributed by atoms with Crippen molar-refractivity contribution in [1.29, 1.82) is 0 Å². The van der Waals surface area contributed by atoms with Crippen LogP contribution in [0, 0.1) is 0 Å². The topological polar surface area (TPSA) is 119 Å². The molecule has 1 unspecified atom stereocenters. The van der Waals surface area contributed by atoms with E-state index in [1.807, 2.05) is 42.5 Å². The van der Waals surface area contributed by atoms with Gasteiger partial charge in [-0.2, -0.15) is 0 Å². The summed E-state index contributed by atoms with van der Waals surface area (Å²) >= 11 is 0. The van der Waals surface area contributed by atoms with Crippen molar-refractivity contribution < 1.29 is 14.9 Å². The standard InChI is InChI=1S/C18H19N5O3/c19-17-16-18(21-10-20-17)23(15-8-12(25)13(9-24)26-15)14(22-16)7-6-11-4-2-1-3-5-11/h1-7,10,12-13,15,24-25H,8-9H2,(H2,19,20,21)/t12?,13-,15-/m1/s1. The van der Waals surface area contributed by atoms with Gasteiger partial charge in [0, 0.05) is 6.42 Å². The van der Waals surface area contributed by atoms with Crippen LogP contribution in [-0.2, 0) is 4.74 Å². The lowest BCUT2D eigenvalue weighted by atomic mass is 10.2. The van der Waals surface area contributed by atoms with E-state index >= 15 is 0 Å². The third kappa shape index (κ3) is 2.94. The van der Waals surface area contributed by atoms with Gasteiger partial charge in [0.2, 0.25) is 0 Å². The molecule has 134 valence electrons. The van der Waals surface area contributed by atoms with Crippen molar-refractivity contribution in [3.05, 3.63) is 48.0 Å². The molecule has 0 aliphatic carbocycles. The zero-order valence-corrected chi connectivity index (χ0v) is 13.9. The predicted molar refractivity (Wildman–Crippen MR) is 96.7 cm³/mol. The number of nitrogen functional groups attached to an aromatic ring is 1. The van der Waals surface area contributed by atoms with Gasteiger partial charge < -0.3 is 20.7 Å². The van der Waals surface area contributed by atoms with Crippen molar-refractivity contribution in [3.63, 3.8) is 0 Å². The van der Waals surface area contributed by atoms with Crippen molar-refractivity contribution in [3.8, 4) is 0 Å². The molecule has 26 heavy (non-hydrogen) atoms. The summed E-state index contributed by atoms with van der Waals surface area (Å²) in [6, 6.07) is 9.82. The summed E-state index contributed by atoms with van der Waals surface area (Å²) in [7, 11) is 0. The van der Waals surface area contributed by atoms with Crippen molar-refractivity contribution in [1.82, 2.24) is 19.5 Å². The molecule has 1 aliphatic heterocycles. The number of aromatic nitrogens is 4. The van der Waals surface area contributed by atoms with E-state index in [2.05, 4.69) is 15.0 Å². The highest BCUT2D eigenvalue weighted by molar-refractivity contribution is 5.84. The number of anilines is 1. The van der Waals surface area contributed by atoms with E-state index in [0.717, 1.165) is 5.56 Å². The SMILES string of the molecule is Nc1ncnc2c1nc(C=Cc1ccccc1)n2[C@H]1CC(O)[C@@H](CO)O1. The largest absolute Gasteiger partial charge is 0.394 e. The molecule has 2 aromatic heterocycles. The molecule has 8 heteroatoms.